The van der Waals surface area contributed by atoms with Crippen molar-refractivity contribution in [1.29, 1.82) is 0 Å². The van der Waals surface area contributed by atoms with Crippen LogP contribution in [0, 0.1) is 5.92 Å². The molecule has 1 aromatic heterocycles. The van der Waals surface area contributed by atoms with Gasteiger partial charge in [-0.05, 0) is 44.0 Å². The number of piperidine rings is 1. The van der Waals surface area contributed by atoms with Crippen LogP contribution in [0.2, 0.25) is 0 Å². The first-order chi connectivity index (χ1) is 10.8. The smallest absolute Gasteiger partial charge is 0.224 e. The van der Waals surface area contributed by atoms with Crippen LogP contribution in [-0.2, 0) is 11.2 Å². The monoisotopic (exact) mass is 338 g/mol. The molecule has 1 unspecified atom stereocenters. The number of benzene rings is 1. The lowest BCUT2D eigenvalue weighted by molar-refractivity contribution is -0.120. The van der Waals surface area contributed by atoms with Crippen molar-refractivity contribution in [2.24, 2.45) is 5.92 Å². The number of hydrogen-bond acceptors (Lipinski definition) is 4. The molecule has 1 aliphatic rings. The van der Waals surface area contributed by atoms with E-state index >= 15 is 0 Å². The maximum atomic E-state index is 12.1. The van der Waals surface area contributed by atoms with Gasteiger partial charge in [0.15, 0.2) is 0 Å². The number of rotatable bonds is 5. The SMILES string of the molecule is COc1ccc2c(CC(=O)NCC3CCCNC3)coc2c1.Cl. The van der Waals surface area contributed by atoms with Crippen LogP contribution in [0.15, 0.2) is 28.9 Å². The van der Waals surface area contributed by atoms with E-state index in [2.05, 4.69) is 10.6 Å². The number of fused-ring (bicyclic) bond motifs is 1. The molecular formula is C17H23ClN2O3. The molecule has 0 radical (unpaired) electrons. The second kappa shape index (κ2) is 8.22. The second-order valence-electron chi connectivity index (χ2n) is 5.82. The van der Waals surface area contributed by atoms with Gasteiger partial charge in [-0.15, -0.1) is 12.4 Å². The van der Waals surface area contributed by atoms with Crippen LogP contribution in [0.25, 0.3) is 11.0 Å². The molecule has 0 spiro atoms. The van der Waals surface area contributed by atoms with E-state index in [0.717, 1.165) is 41.9 Å². The fourth-order valence-electron chi connectivity index (χ4n) is 2.92. The van der Waals surface area contributed by atoms with Crippen molar-refractivity contribution in [3.63, 3.8) is 0 Å². The molecule has 23 heavy (non-hydrogen) atoms. The van der Waals surface area contributed by atoms with Gasteiger partial charge in [0, 0.05) is 23.6 Å². The highest BCUT2D eigenvalue weighted by molar-refractivity contribution is 5.88. The number of methoxy groups -OCH3 is 1. The summed E-state index contributed by atoms with van der Waals surface area (Å²) in [4.78, 5) is 12.1. The summed E-state index contributed by atoms with van der Waals surface area (Å²) in [6.07, 6.45) is 4.38. The Morgan fingerprint density at radius 1 is 1.48 bits per heavy atom. The lowest BCUT2D eigenvalue weighted by Gasteiger charge is -2.22. The minimum atomic E-state index is 0. The Morgan fingerprint density at radius 3 is 3.09 bits per heavy atom. The molecule has 1 atom stereocenters. The van der Waals surface area contributed by atoms with Gasteiger partial charge >= 0.3 is 0 Å². The number of furan rings is 1. The van der Waals surface area contributed by atoms with E-state index in [4.69, 9.17) is 9.15 Å². The number of carbonyl (C=O) groups excluding carboxylic acids is 1. The Bertz CT molecular complexity index is 650. The van der Waals surface area contributed by atoms with Crippen LogP contribution in [0.3, 0.4) is 0 Å². The molecule has 1 fully saturated rings. The molecule has 2 aromatic rings. The van der Waals surface area contributed by atoms with Crippen LogP contribution < -0.4 is 15.4 Å². The van der Waals surface area contributed by atoms with Crippen molar-refractivity contribution in [3.05, 3.63) is 30.0 Å². The quantitative estimate of drug-likeness (QED) is 0.879. The summed E-state index contributed by atoms with van der Waals surface area (Å²) in [5.74, 6) is 1.34. The summed E-state index contributed by atoms with van der Waals surface area (Å²) in [7, 11) is 1.62. The molecule has 0 aliphatic carbocycles. The standard InChI is InChI=1S/C17H22N2O3.ClH/c1-21-14-4-5-15-13(11-22-16(15)8-14)7-17(20)19-10-12-3-2-6-18-9-12;/h4-5,8,11-12,18H,2-3,6-7,9-10H2,1H3,(H,19,20);1H. The van der Waals surface area contributed by atoms with E-state index in [1.165, 1.54) is 12.8 Å². The van der Waals surface area contributed by atoms with E-state index < -0.39 is 0 Å². The lowest BCUT2D eigenvalue weighted by Crippen LogP contribution is -2.38. The van der Waals surface area contributed by atoms with Crippen molar-refractivity contribution >= 4 is 29.3 Å². The summed E-state index contributed by atoms with van der Waals surface area (Å²) in [6, 6.07) is 5.66. The first-order valence-corrected chi connectivity index (χ1v) is 7.78. The largest absolute Gasteiger partial charge is 0.497 e. The summed E-state index contributed by atoms with van der Waals surface area (Å²) in [6.45, 7) is 2.83. The Kier molecular flexibility index (Phi) is 6.30. The summed E-state index contributed by atoms with van der Waals surface area (Å²) < 4.78 is 10.7. The third-order valence-electron chi connectivity index (χ3n) is 4.20. The maximum absolute atomic E-state index is 12.1. The van der Waals surface area contributed by atoms with Gasteiger partial charge in [-0.25, -0.2) is 0 Å². The third-order valence-corrected chi connectivity index (χ3v) is 4.20. The van der Waals surface area contributed by atoms with Crippen LogP contribution in [0.1, 0.15) is 18.4 Å². The summed E-state index contributed by atoms with van der Waals surface area (Å²) in [5.41, 5.74) is 1.66. The number of hydrogen-bond donors (Lipinski definition) is 2. The highest BCUT2D eigenvalue weighted by Gasteiger charge is 2.15. The zero-order chi connectivity index (χ0) is 15.4. The Morgan fingerprint density at radius 2 is 2.35 bits per heavy atom. The highest BCUT2D eigenvalue weighted by Crippen LogP contribution is 2.25. The van der Waals surface area contributed by atoms with Gasteiger partial charge in [-0.1, -0.05) is 0 Å². The molecule has 0 bridgehead atoms. The summed E-state index contributed by atoms with van der Waals surface area (Å²) >= 11 is 0. The normalized spacial score (nSPS) is 17.5. The molecule has 2 heterocycles. The zero-order valence-corrected chi connectivity index (χ0v) is 14.1. The van der Waals surface area contributed by atoms with Gasteiger partial charge in [-0.3, -0.25) is 4.79 Å². The van der Waals surface area contributed by atoms with E-state index in [1.54, 1.807) is 13.4 Å². The van der Waals surface area contributed by atoms with E-state index in [1.807, 2.05) is 18.2 Å². The molecule has 5 nitrogen and oxygen atoms in total. The molecule has 1 saturated heterocycles. The molecule has 0 saturated carbocycles. The maximum Gasteiger partial charge on any atom is 0.224 e. The van der Waals surface area contributed by atoms with Gasteiger partial charge in [0.05, 0.1) is 19.8 Å². The Balaban J connectivity index is 0.00000192. The average molecular weight is 339 g/mol. The first kappa shape index (κ1) is 17.6. The molecule has 3 rings (SSSR count). The average Bonchev–Trinajstić information content (AvgIpc) is 2.96. The number of halogens is 1. The fraction of sp³-hybridized carbons (Fsp3) is 0.471. The highest BCUT2D eigenvalue weighted by atomic mass is 35.5. The van der Waals surface area contributed by atoms with Crippen molar-refractivity contribution in [1.82, 2.24) is 10.6 Å². The molecule has 1 aliphatic heterocycles. The Hall–Kier alpha value is -1.72. The second-order valence-corrected chi connectivity index (χ2v) is 5.82. The molecule has 6 heteroatoms. The molecule has 1 aromatic carbocycles. The third kappa shape index (κ3) is 4.39. The fourth-order valence-corrected chi connectivity index (χ4v) is 2.92. The molecule has 2 N–H and O–H groups in total. The molecular weight excluding hydrogens is 316 g/mol. The van der Waals surface area contributed by atoms with Crippen LogP contribution in [0.5, 0.6) is 5.75 Å². The van der Waals surface area contributed by atoms with Gasteiger partial charge in [0.25, 0.3) is 0 Å². The zero-order valence-electron chi connectivity index (χ0n) is 13.3. The predicted octanol–water partition coefficient (Wildman–Crippen LogP) is 2.52. The van der Waals surface area contributed by atoms with Gasteiger partial charge in [-0.2, -0.15) is 0 Å². The van der Waals surface area contributed by atoms with Gasteiger partial charge in [0.2, 0.25) is 5.91 Å². The number of amides is 1. The van der Waals surface area contributed by atoms with Gasteiger partial charge in [0.1, 0.15) is 11.3 Å². The topological polar surface area (TPSA) is 63.5 Å². The Labute approximate surface area is 142 Å². The number of nitrogens with one attached hydrogen (secondary N) is 2. The van der Waals surface area contributed by atoms with Crippen molar-refractivity contribution < 1.29 is 13.9 Å². The van der Waals surface area contributed by atoms with E-state index in [9.17, 15) is 4.79 Å². The minimum absolute atomic E-state index is 0. The van der Waals surface area contributed by atoms with Crippen LogP contribution in [-0.4, -0.2) is 32.7 Å². The minimum Gasteiger partial charge on any atom is -0.497 e. The summed E-state index contributed by atoms with van der Waals surface area (Å²) in [5, 5.41) is 7.36. The van der Waals surface area contributed by atoms with Gasteiger partial charge < -0.3 is 19.8 Å². The van der Waals surface area contributed by atoms with E-state index in [0.29, 0.717) is 12.3 Å². The lowest BCUT2D eigenvalue weighted by atomic mass is 9.99. The van der Waals surface area contributed by atoms with Crippen LogP contribution >= 0.6 is 12.4 Å². The predicted molar refractivity (Wildman–Crippen MR) is 92.3 cm³/mol. The van der Waals surface area contributed by atoms with Crippen molar-refractivity contribution in [2.45, 2.75) is 19.3 Å². The molecule has 126 valence electrons. The number of carbonyl (C=O) groups is 1. The molecule has 1 amide bonds. The van der Waals surface area contributed by atoms with E-state index in [-0.39, 0.29) is 18.3 Å². The first-order valence-electron chi connectivity index (χ1n) is 7.78. The number of ether oxygens (including phenoxy) is 1. The van der Waals surface area contributed by atoms with Crippen LogP contribution in [0.4, 0.5) is 0 Å². The van der Waals surface area contributed by atoms with Crippen molar-refractivity contribution in [3.8, 4) is 5.75 Å². The van der Waals surface area contributed by atoms with Crippen molar-refractivity contribution in [2.75, 3.05) is 26.7 Å².